The van der Waals surface area contributed by atoms with Crippen molar-refractivity contribution in [3.63, 3.8) is 0 Å². The van der Waals surface area contributed by atoms with Crippen LogP contribution in [0, 0.1) is 0 Å². The largest absolute Gasteiger partial charge is 0.304 e. The number of carbonyl (C=O) groups is 1. The van der Waals surface area contributed by atoms with Gasteiger partial charge in [0.15, 0.2) is 5.82 Å². The molecule has 4 aromatic rings. The summed E-state index contributed by atoms with van der Waals surface area (Å²) in [6, 6.07) is 9.59. The van der Waals surface area contributed by atoms with E-state index in [1.54, 1.807) is 39.9 Å². The Balaban J connectivity index is 1.43. The second-order valence-electron chi connectivity index (χ2n) is 5.23. The second-order valence-corrected chi connectivity index (χ2v) is 7.03. The molecule has 0 aliphatic carbocycles. The fourth-order valence-corrected chi connectivity index (χ4v) is 3.88. The molecule has 8 heteroatoms. The topological polar surface area (TPSA) is 72.7 Å². The van der Waals surface area contributed by atoms with E-state index in [1.165, 1.54) is 11.3 Å². The van der Waals surface area contributed by atoms with Crippen LogP contribution in [0.2, 0.25) is 0 Å². The Bertz CT molecular complexity index is 976. The zero-order chi connectivity index (χ0) is 17.1. The highest BCUT2D eigenvalue weighted by molar-refractivity contribution is 7.20. The lowest BCUT2D eigenvalue weighted by Crippen LogP contribution is -2.13. The van der Waals surface area contributed by atoms with Crippen molar-refractivity contribution in [1.29, 1.82) is 0 Å². The summed E-state index contributed by atoms with van der Waals surface area (Å²) in [6.07, 6.45) is 5.35. The van der Waals surface area contributed by atoms with Gasteiger partial charge in [0.2, 0.25) is 0 Å². The minimum atomic E-state index is -0.259. The maximum absolute atomic E-state index is 12.3. The SMILES string of the molecule is O=C(Nc1ccn(Cc2cccnc2)n1)c1csc(-c2cccs2)n1. The smallest absolute Gasteiger partial charge is 0.276 e. The summed E-state index contributed by atoms with van der Waals surface area (Å²) < 4.78 is 1.75. The molecule has 25 heavy (non-hydrogen) atoms. The van der Waals surface area contributed by atoms with E-state index in [0.29, 0.717) is 18.1 Å². The fourth-order valence-electron chi connectivity index (χ4n) is 2.27. The van der Waals surface area contributed by atoms with Crippen LogP contribution in [-0.4, -0.2) is 25.7 Å². The Hall–Kier alpha value is -2.84. The Morgan fingerprint density at radius 3 is 2.96 bits per heavy atom. The van der Waals surface area contributed by atoms with Gasteiger partial charge >= 0.3 is 0 Å². The zero-order valence-electron chi connectivity index (χ0n) is 13.0. The van der Waals surface area contributed by atoms with Crippen LogP contribution < -0.4 is 5.32 Å². The number of amides is 1. The predicted octanol–water partition coefficient (Wildman–Crippen LogP) is 3.76. The zero-order valence-corrected chi connectivity index (χ0v) is 14.6. The third-order valence-corrected chi connectivity index (χ3v) is 5.30. The van der Waals surface area contributed by atoms with Crippen molar-refractivity contribution in [2.24, 2.45) is 0 Å². The molecule has 0 aliphatic rings. The number of carbonyl (C=O) groups excluding carboxylic acids is 1. The molecule has 6 nitrogen and oxygen atoms in total. The monoisotopic (exact) mass is 367 g/mol. The van der Waals surface area contributed by atoms with Crippen molar-refractivity contribution in [3.05, 3.63) is 70.9 Å². The first-order chi connectivity index (χ1) is 12.3. The summed E-state index contributed by atoms with van der Waals surface area (Å²) in [7, 11) is 0. The van der Waals surface area contributed by atoms with Gasteiger partial charge in [-0.05, 0) is 23.1 Å². The summed E-state index contributed by atoms with van der Waals surface area (Å²) in [5.41, 5.74) is 1.44. The minimum Gasteiger partial charge on any atom is -0.304 e. The molecule has 0 spiro atoms. The molecule has 0 radical (unpaired) electrons. The molecule has 4 aromatic heterocycles. The van der Waals surface area contributed by atoms with Crippen LogP contribution >= 0.6 is 22.7 Å². The van der Waals surface area contributed by atoms with Gasteiger partial charge in [0.05, 0.1) is 11.4 Å². The van der Waals surface area contributed by atoms with E-state index in [1.807, 2.05) is 35.8 Å². The van der Waals surface area contributed by atoms with Gasteiger partial charge in [-0.25, -0.2) is 4.98 Å². The third kappa shape index (κ3) is 3.65. The molecule has 1 N–H and O–H groups in total. The van der Waals surface area contributed by atoms with Crippen LogP contribution in [0.4, 0.5) is 5.82 Å². The molecular formula is C17H13N5OS2. The van der Waals surface area contributed by atoms with Gasteiger partial charge in [-0.15, -0.1) is 22.7 Å². The first-order valence-corrected chi connectivity index (χ1v) is 9.27. The quantitative estimate of drug-likeness (QED) is 0.583. The maximum atomic E-state index is 12.3. The molecule has 0 unspecified atom stereocenters. The highest BCUT2D eigenvalue weighted by Gasteiger charge is 2.13. The summed E-state index contributed by atoms with van der Waals surface area (Å²) in [6.45, 7) is 0.600. The van der Waals surface area contributed by atoms with E-state index in [2.05, 4.69) is 20.4 Å². The van der Waals surface area contributed by atoms with Crippen LogP contribution in [0.5, 0.6) is 0 Å². The van der Waals surface area contributed by atoms with E-state index < -0.39 is 0 Å². The first-order valence-electron chi connectivity index (χ1n) is 7.51. The van der Waals surface area contributed by atoms with Gasteiger partial charge in [0.25, 0.3) is 5.91 Å². The van der Waals surface area contributed by atoms with Gasteiger partial charge in [0, 0.05) is 30.0 Å². The Kier molecular flexibility index (Phi) is 4.36. The fraction of sp³-hybridized carbons (Fsp3) is 0.0588. The van der Waals surface area contributed by atoms with Gasteiger partial charge < -0.3 is 5.32 Å². The number of pyridine rings is 1. The lowest BCUT2D eigenvalue weighted by atomic mass is 10.3. The molecule has 0 saturated heterocycles. The number of thiazole rings is 1. The number of aromatic nitrogens is 4. The summed E-state index contributed by atoms with van der Waals surface area (Å²) in [5, 5.41) is 11.7. The third-order valence-electron chi connectivity index (χ3n) is 3.42. The Morgan fingerprint density at radius 1 is 1.20 bits per heavy atom. The highest BCUT2D eigenvalue weighted by Crippen LogP contribution is 2.27. The van der Waals surface area contributed by atoms with Crippen molar-refractivity contribution >= 4 is 34.4 Å². The van der Waals surface area contributed by atoms with Crippen LogP contribution in [0.3, 0.4) is 0 Å². The van der Waals surface area contributed by atoms with Crippen molar-refractivity contribution in [2.75, 3.05) is 5.32 Å². The lowest BCUT2D eigenvalue weighted by Gasteiger charge is -2.01. The van der Waals surface area contributed by atoms with Crippen molar-refractivity contribution in [2.45, 2.75) is 6.54 Å². The molecule has 124 valence electrons. The van der Waals surface area contributed by atoms with E-state index in [4.69, 9.17) is 0 Å². The molecule has 0 aromatic carbocycles. The van der Waals surface area contributed by atoms with E-state index >= 15 is 0 Å². The molecule has 0 saturated carbocycles. The molecular weight excluding hydrogens is 354 g/mol. The van der Waals surface area contributed by atoms with E-state index in [0.717, 1.165) is 15.4 Å². The molecule has 0 atom stereocenters. The van der Waals surface area contributed by atoms with Crippen molar-refractivity contribution in [1.82, 2.24) is 19.7 Å². The normalized spacial score (nSPS) is 10.7. The average molecular weight is 367 g/mol. The number of nitrogens with one attached hydrogen (secondary N) is 1. The summed E-state index contributed by atoms with van der Waals surface area (Å²) in [5.74, 6) is 0.241. The van der Waals surface area contributed by atoms with Gasteiger partial charge in [-0.3, -0.25) is 14.5 Å². The average Bonchev–Trinajstić information content (AvgIpc) is 3.37. The van der Waals surface area contributed by atoms with Crippen LogP contribution in [0.25, 0.3) is 9.88 Å². The van der Waals surface area contributed by atoms with Crippen LogP contribution in [-0.2, 0) is 6.54 Å². The van der Waals surface area contributed by atoms with Crippen molar-refractivity contribution < 1.29 is 4.79 Å². The lowest BCUT2D eigenvalue weighted by molar-refractivity contribution is 0.102. The highest BCUT2D eigenvalue weighted by atomic mass is 32.1. The second kappa shape index (κ2) is 6.96. The number of hydrogen-bond acceptors (Lipinski definition) is 6. The first kappa shape index (κ1) is 15.7. The van der Waals surface area contributed by atoms with E-state index in [9.17, 15) is 4.79 Å². The standard InChI is InChI=1S/C17H13N5OS2/c23-16(13-11-25-17(19-13)14-4-2-8-24-14)20-15-5-7-22(21-15)10-12-3-1-6-18-9-12/h1-9,11H,10H2,(H,20,21,23). The number of hydrogen-bond donors (Lipinski definition) is 1. The Morgan fingerprint density at radius 2 is 2.16 bits per heavy atom. The number of anilines is 1. The number of thiophene rings is 1. The molecule has 4 rings (SSSR count). The van der Waals surface area contributed by atoms with Gasteiger partial charge in [-0.2, -0.15) is 5.10 Å². The maximum Gasteiger partial charge on any atom is 0.276 e. The van der Waals surface area contributed by atoms with Gasteiger partial charge in [0.1, 0.15) is 10.7 Å². The molecule has 0 aliphatic heterocycles. The minimum absolute atomic E-state index is 0.259. The molecule has 1 amide bonds. The van der Waals surface area contributed by atoms with Crippen molar-refractivity contribution in [3.8, 4) is 9.88 Å². The Labute approximate surface area is 151 Å². The molecule has 0 bridgehead atoms. The number of nitrogens with zero attached hydrogens (tertiary/aromatic N) is 4. The van der Waals surface area contributed by atoms with Crippen LogP contribution in [0.1, 0.15) is 16.1 Å². The van der Waals surface area contributed by atoms with E-state index in [-0.39, 0.29) is 5.91 Å². The predicted molar refractivity (Wildman–Crippen MR) is 98.9 cm³/mol. The van der Waals surface area contributed by atoms with Gasteiger partial charge in [-0.1, -0.05) is 12.1 Å². The molecule has 4 heterocycles. The molecule has 0 fully saturated rings. The number of rotatable bonds is 5. The summed E-state index contributed by atoms with van der Waals surface area (Å²) in [4.78, 5) is 21.9. The summed E-state index contributed by atoms with van der Waals surface area (Å²) >= 11 is 3.06. The van der Waals surface area contributed by atoms with Crippen LogP contribution in [0.15, 0.2) is 59.7 Å².